The second-order valence-electron chi connectivity index (χ2n) is 10.2. The van der Waals surface area contributed by atoms with Crippen LogP contribution in [0.4, 0.5) is 4.39 Å². The molecule has 0 amide bonds. The van der Waals surface area contributed by atoms with Crippen molar-refractivity contribution < 1.29 is 9.13 Å². The highest BCUT2D eigenvalue weighted by Gasteiger charge is 2.22. The summed E-state index contributed by atoms with van der Waals surface area (Å²) in [5, 5.41) is 0. The van der Waals surface area contributed by atoms with Gasteiger partial charge in [-0.05, 0) is 80.4 Å². The Hall–Kier alpha value is -1.31. The Morgan fingerprint density at radius 2 is 1.68 bits per heavy atom. The number of hydrogen-bond donors (Lipinski definition) is 0. The first kappa shape index (κ1) is 24.3. The van der Waals surface area contributed by atoms with E-state index in [2.05, 4.69) is 19.9 Å². The Labute approximate surface area is 190 Å². The van der Waals surface area contributed by atoms with Gasteiger partial charge in [0.25, 0.3) is 0 Å². The summed E-state index contributed by atoms with van der Waals surface area (Å²) in [5.41, 5.74) is 2.67. The third-order valence-electron chi connectivity index (χ3n) is 7.88. The second-order valence-corrected chi connectivity index (χ2v) is 10.2. The molecule has 2 heteroatoms. The van der Waals surface area contributed by atoms with Crippen molar-refractivity contribution in [1.82, 2.24) is 0 Å². The van der Waals surface area contributed by atoms with Crippen LogP contribution in [0.1, 0.15) is 109 Å². The predicted octanol–water partition coefficient (Wildman–Crippen LogP) is 9.05. The van der Waals surface area contributed by atoms with Crippen LogP contribution >= 0.6 is 0 Å². The van der Waals surface area contributed by atoms with Crippen LogP contribution in [0.15, 0.2) is 29.8 Å². The molecule has 1 saturated carbocycles. The molecule has 0 aliphatic heterocycles. The van der Waals surface area contributed by atoms with E-state index in [0.717, 1.165) is 55.4 Å². The SMILES string of the molecule is CCCCCOc1ccc(CCC2=CCC(CC[C@H]3CC[C@H](CC)CC3)CC2)cc1F. The maximum absolute atomic E-state index is 14.3. The zero-order valence-electron chi connectivity index (χ0n) is 20.1. The van der Waals surface area contributed by atoms with Gasteiger partial charge in [0.1, 0.15) is 0 Å². The van der Waals surface area contributed by atoms with Crippen LogP contribution in [0.25, 0.3) is 0 Å². The summed E-state index contributed by atoms with van der Waals surface area (Å²) in [7, 11) is 0. The monoisotopic (exact) mass is 428 g/mol. The third-order valence-corrected chi connectivity index (χ3v) is 7.88. The minimum atomic E-state index is -0.209. The van der Waals surface area contributed by atoms with E-state index in [1.54, 1.807) is 11.6 Å². The summed E-state index contributed by atoms with van der Waals surface area (Å²) in [5.74, 6) is 3.11. The number of rotatable bonds is 12. The van der Waals surface area contributed by atoms with E-state index in [1.165, 1.54) is 64.2 Å². The number of unbranched alkanes of at least 4 members (excludes halogenated alkanes) is 2. The molecule has 1 aromatic carbocycles. The summed E-state index contributed by atoms with van der Waals surface area (Å²) in [6.07, 6.45) is 21.8. The van der Waals surface area contributed by atoms with E-state index in [9.17, 15) is 4.39 Å². The van der Waals surface area contributed by atoms with Gasteiger partial charge < -0.3 is 4.74 Å². The largest absolute Gasteiger partial charge is 0.491 e. The lowest BCUT2D eigenvalue weighted by Gasteiger charge is -2.29. The van der Waals surface area contributed by atoms with Crippen molar-refractivity contribution in [2.24, 2.45) is 17.8 Å². The van der Waals surface area contributed by atoms with Crippen molar-refractivity contribution >= 4 is 0 Å². The topological polar surface area (TPSA) is 9.23 Å². The van der Waals surface area contributed by atoms with Crippen LogP contribution in [0.3, 0.4) is 0 Å². The normalized spacial score (nSPS) is 24.1. The minimum Gasteiger partial charge on any atom is -0.491 e. The zero-order valence-corrected chi connectivity index (χ0v) is 20.1. The number of ether oxygens (including phenoxy) is 1. The highest BCUT2D eigenvalue weighted by Crippen LogP contribution is 2.36. The number of aryl methyl sites for hydroxylation is 1. The average molecular weight is 429 g/mol. The summed E-state index contributed by atoms with van der Waals surface area (Å²) >= 11 is 0. The molecule has 1 atom stereocenters. The van der Waals surface area contributed by atoms with E-state index in [-0.39, 0.29) is 5.82 Å². The lowest BCUT2D eigenvalue weighted by molar-refractivity contribution is 0.241. The van der Waals surface area contributed by atoms with Crippen LogP contribution in [0.5, 0.6) is 5.75 Å². The van der Waals surface area contributed by atoms with Crippen molar-refractivity contribution in [2.45, 2.75) is 110 Å². The fourth-order valence-electron chi connectivity index (χ4n) is 5.49. The molecule has 0 heterocycles. The van der Waals surface area contributed by atoms with Crippen LogP contribution in [0.2, 0.25) is 0 Å². The lowest BCUT2D eigenvalue weighted by Crippen LogP contribution is -2.15. The van der Waals surface area contributed by atoms with Gasteiger partial charge in [-0.3, -0.25) is 0 Å². The van der Waals surface area contributed by atoms with Crippen LogP contribution < -0.4 is 4.74 Å². The molecule has 2 aliphatic rings. The van der Waals surface area contributed by atoms with Crippen molar-refractivity contribution in [2.75, 3.05) is 6.61 Å². The van der Waals surface area contributed by atoms with Crippen molar-refractivity contribution in [3.8, 4) is 5.75 Å². The predicted molar refractivity (Wildman–Crippen MR) is 130 cm³/mol. The molecule has 0 spiro atoms. The molecule has 1 unspecified atom stereocenters. The van der Waals surface area contributed by atoms with Crippen molar-refractivity contribution in [3.05, 3.63) is 41.2 Å². The molecule has 0 bridgehead atoms. The first-order chi connectivity index (χ1) is 15.2. The van der Waals surface area contributed by atoms with Crippen LogP contribution in [-0.4, -0.2) is 6.61 Å². The maximum atomic E-state index is 14.3. The Balaban J connectivity index is 1.34. The van der Waals surface area contributed by atoms with Crippen molar-refractivity contribution in [3.63, 3.8) is 0 Å². The van der Waals surface area contributed by atoms with Gasteiger partial charge in [-0.15, -0.1) is 0 Å². The van der Waals surface area contributed by atoms with Gasteiger partial charge in [0, 0.05) is 0 Å². The van der Waals surface area contributed by atoms with Gasteiger partial charge in [-0.25, -0.2) is 4.39 Å². The van der Waals surface area contributed by atoms with Crippen LogP contribution in [0, 0.1) is 23.6 Å². The second kappa shape index (κ2) is 13.3. The molecule has 2 aliphatic carbocycles. The highest BCUT2D eigenvalue weighted by molar-refractivity contribution is 5.30. The molecule has 0 N–H and O–H groups in total. The Bertz CT molecular complexity index is 671. The molecule has 0 radical (unpaired) electrons. The van der Waals surface area contributed by atoms with Gasteiger partial charge in [-0.2, -0.15) is 0 Å². The van der Waals surface area contributed by atoms with Crippen molar-refractivity contribution in [1.29, 1.82) is 0 Å². The Morgan fingerprint density at radius 1 is 0.903 bits per heavy atom. The third kappa shape index (κ3) is 8.28. The molecule has 0 aromatic heterocycles. The maximum Gasteiger partial charge on any atom is 0.165 e. The standard InChI is InChI=1S/C29H45FO/c1-3-5-6-21-31-29-20-19-27(22-28(29)30)18-17-26-15-13-25(14-16-26)12-11-24-9-7-23(4-2)8-10-24/h15,19-20,22-25H,3-14,16-18,21H2,1-2H3/t23-,24-,25?. The van der Waals surface area contributed by atoms with Gasteiger partial charge in [-0.1, -0.05) is 82.9 Å². The molecule has 31 heavy (non-hydrogen) atoms. The lowest BCUT2D eigenvalue weighted by atomic mass is 9.76. The van der Waals surface area contributed by atoms with E-state index < -0.39 is 0 Å². The molecular formula is C29H45FO. The number of halogens is 1. The molecule has 1 aromatic rings. The summed E-state index contributed by atoms with van der Waals surface area (Å²) < 4.78 is 19.9. The smallest absolute Gasteiger partial charge is 0.165 e. The fourth-order valence-corrected chi connectivity index (χ4v) is 5.49. The van der Waals surface area contributed by atoms with Gasteiger partial charge in [0.05, 0.1) is 6.61 Å². The highest BCUT2D eigenvalue weighted by atomic mass is 19.1. The average Bonchev–Trinajstić information content (AvgIpc) is 2.81. The van der Waals surface area contributed by atoms with E-state index in [1.807, 2.05) is 12.1 Å². The first-order valence-electron chi connectivity index (χ1n) is 13.3. The molecular weight excluding hydrogens is 383 g/mol. The van der Waals surface area contributed by atoms with E-state index >= 15 is 0 Å². The van der Waals surface area contributed by atoms with Gasteiger partial charge >= 0.3 is 0 Å². The molecule has 3 rings (SSSR count). The first-order valence-corrected chi connectivity index (χ1v) is 13.3. The Kier molecular flexibility index (Phi) is 10.4. The molecule has 1 nitrogen and oxygen atoms in total. The fraction of sp³-hybridized carbons (Fsp3) is 0.724. The van der Waals surface area contributed by atoms with Gasteiger partial charge in [0.15, 0.2) is 11.6 Å². The van der Waals surface area contributed by atoms with E-state index in [4.69, 9.17) is 4.74 Å². The number of hydrogen-bond acceptors (Lipinski definition) is 1. The number of benzene rings is 1. The minimum absolute atomic E-state index is 0.209. The van der Waals surface area contributed by atoms with Crippen LogP contribution in [-0.2, 0) is 6.42 Å². The quantitative estimate of drug-likeness (QED) is 0.238. The number of allylic oxidation sites excluding steroid dienone is 2. The molecule has 174 valence electrons. The summed E-state index contributed by atoms with van der Waals surface area (Å²) in [4.78, 5) is 0. The summed E-state index contributed by atoms with van der Waals surface area (Å²) in [6.45, 7) is 5.13. The molecule has 0 saturated heterocycles. The van der Waals surface area contributed by atoms with Gasteiger partial charge in [0.2, 0.25) is 0 Å². The molecule has 1 fully saturated rings. The summed E-state index contributed by atoms with van der Waals surface area (Å²) in [6, 6.07) is 5.53. The Morgan fingerprint density at radius 3 is 2.35 bits per heavy atom. The van der Waals surface area contributed by atoms with E-state index in [0.29, 0.717) is 12.4 Å². The zero-order chi connectivity index (χ0) is 21.9.